The molecule has 3 aromatic heterocycles. The van der Waals surface area contributed by atoms with Crippen LogP contribution in [0.5, 0.6) is 0 Å². The second-order valence-electron chi connectivity index (χ2n) is 6.66. The highest BCUT2D eigenvalue weighted by molar-refractivity contribution is 7.91. The number of nitrogens with one attached hydrogen (secondary N) is 2. The SMILES string of the molecule is Cc1n[nH]c(C)c1C(c1c[nH]c2ncccc12)S(=O)(=O)Cc1ccccc1. The number of rotatable bonds is 5. The molecular weight excluding hydrogens is 360 g/mol. The predicted octanol–water partition coefficient (Wildman–Crippen LogP) is 3.61. The molecule has 0 amide bonds. The van der Waals surface area contributed by atoms with Gasteiger partial charge >= 0.3 is 0 Å². The largest absolute Gasteiger partial charge is 0.346 e. The Balaban J connectivity index is 1.92. The molecule has 0 spiro atoms. The number of nitrogens with zero attached hydrogens (tertiary/aromatic N) is 2. The molecule has 0 aliphatic rings. The second kappa shape index (κ2) is 6.66. The first-order chi connectivity index (χ1) is 13.0. The first-order valence-electron chi connectivity index (χ1n) is 8.66. The summed E-state index contributed by atoms with van der Waals surface area (Å²) in [5.74, 6) is -0.0461. The number of H-pyrrole nitrogens is 2. The van der Waals surface area contributed by atoms with Crippen molar-refractivity contribution in [1.82, 2.24) is 20.2 Å². The summed E-state index contributed by atoms with van der Waals surface area (Å²) >= 11 is 0. The lowest BCUT2D eigenvalue weighted by atomic mass is 10.0. The number of hydrogen-bond donors (Lipinski definition) is 2. The quantitative estimate of drug-likeness (QED) is 0.553. The van der Waals surface area contributed by atoms with E-state index in [0.29, 0.717) is 22.5 Å². The van der Waals surface area contributed by atoms with Gasteiger partial charge < -0.3 is 4.98 Å². The Hall–Kier alpha value is -2.93. The van der Waals surface area contributed by atoms with Gasteiger partial charge in [0.2, 0.25) is 0 Å². The molecule has 0 aliphatic heterocycles. The molecule has 1 unspecified atom stereocenters. The molecular formula is C20H20N4O2S. The zero-order chi connectivity index (χ0) is 19.0. The van der Waals surface area contributed by atoms with Gasteiger partial charge in [-0.3, -0.25) is 5.10 Å². The van der Waals surface area contributed by atoms with E-state index in [1.54, 1.807) is 12.4 Å². The van der Waals surface area contributed by atoms with Gasteiger partial charge in [0.15, 0.2) is 9.84 Å². The second-order valence-corrected chi connectivity index (χ2v) is 8.75. The number of fused-ring (bicyclic) bond motifs is 1. The van der Waals surface area contributed by atoms with Crippen LogP contribution in [0.15, 0.2) is 54.9 Å². The first kappa shape index (κ1) is 17.5. The molecule has 3 heterocycles. The molecule has 0 fully saturated rings. The summed E-state index contributed by atoms with van der Waals surface area (Å²) in [5, 5.41) is 7.14. The van der Waals surface area contributed by atoms with Crippen molar-refractivity contribution in [2.24, 2.45) is 0 Å². The van der Waals surface area contributed by atoms with Gasteiger partial charge in [0.25, 0.3) is 0 Å². The highest BCUT2D eigenvalue weighted by atomic mass is 32.2. The Bertz CT molecular complexity index is 1170. The highest BCUT2D eigenvalue weighted by Gasteiger charge is 2.34. The van der Waals surface area contributed by atoms with Gasteiger partial charge in [-0.05, 0) is 31.5 Å². The first-order valence-corrected chi connectivity index (χ1v) is 10.4. The maximum atomic E-state index is 13.6. The van der Waals surface area contributed by atoms with Crippen LogP contribution < -0.4 is 0 Å². The predicted molar refractivity (Wildman–Crippen MR) is 105 cm³/mol. The summed E-state index contributed by atoms with van der Waals surface area (Å²) in [7, 11) is -3.57. The average molecular weight is 380 g/mol. The van der Waals surface area contributed by atoms with Gasteiger partial charge in [-0.1, -0.05) is 30.3 Å². The molecule has 1 aromatic carbocycles. The van der Waals surface area contributed by atoms with Gasteiger partial charge in [0, 0.05) is 34.6 Å². The maximum Gasteiger partial charge on any atom is 0.165 e. The van der Waals surface area contributed by atoms with Gasteiger partial charge in [0.05, 0.1) is 11.4 Å². The molecule has 0 radical (unpaired) electrons. The molecule has 27 heavy (non-hydrogen) atoms. The third-order valence-electron chi connectivity index (χ3n) is 4.78. The molecule has 1 atom stereocenters. The standard InChI is InChI=1S/C20H20N4O2S/c1-13-18(14(2)24-23-13)19(17-11-22-20-16(17)9-6-10-21-20)27(25,26)12-15-7-4-3-5-8-15/h3-11,19H,12H2,1-2H3,(H,21,22)(H,23,24). The zero-order valence-electron chi connectivity index (χ0n) is 15.1. The van der Waals surface area contributed by atoms with Crippen LogP contribution in [0.2, 0.25) is 0 Å². The Morgan fingerprint density at radius 2 is 1.85 bits per heavy atom. The molecule has 0 saturated heterocycles. The minimum Gasteiger partial charge on any atom is -0.346 e. The summed E-state index contributed by atoms with van der Waals surface area (Å²) < 4.78 is 27.1. The number of sulfone groups is 1. The lowest BCUT2D eigenvalue weighted by Crippen LogP contribution is -2.18. The lowest BCUT2D eigenvalue weighted by Gasteiger charge is -2.18. The van der Waals surface area contributed by atoms with Gasteiger partial charge in [-0.25, -0.2) is 13.4 Å². The van der Waals surface area contributed by atoms with Crippen LogP contribution in [0.25, 0.3) is 11.0 Å². The number of pyridine rings is 1. The van der Waals surface area contributed by atoms with Crippen LogP contribution in [-0.4, -0.2) is 28.6 Å². The van der Waals surface area contributed by atoms with Crippen LogP contribution in [0, 0.1) is 13.8 Å². The topological polar surface area (TPSA) is 91.5 Å². The number of benzene rings is 1. The maximum absolute atomic E-state index is 13.6. The van der Waals surface area contributed by atoms with Crippen molar-refractivity contribution >= 4 is 20.9 Å². The van der Waals surface area contributed by atoms with E-state index in [0.717, 1.165) is 16.6 Å². The fraction of sp³-hybridized carbons (Fsp3) is 0.200. The number of aromatic amines is 2. The number of aromatic nitrogens is 4. The smallest absolute Gasteiger partial charge is 0.165 e. The van der Waals surface area contributed by atoms with Gasteiger partial charge in [-0.15, -0.1) is 0 Å². The summed E-state index contributed by atoms with van der Waals surface area (Å²) in [6, 6.07) is 13.0. The number of aryl methyl sites for hydroxylation is 2. The van der Waals surface area contributed by atoms with Crippen LogP contribution in [0.1, 0.15) is 33.3 Å². The fourth-order valence-electron chi connectivity index (χ4n) is 3.56. The van der Waals surface area contributed by atoms with Crippen molar-refractivity contribution in [2.75, 3.05) is 0 Å². The molecule has 0 aliphatic carbocycles. The van der Waals surface area contributed by atoms with Crippen molar-refractivity contribution in [3.63, 3.8) is 0 Å². The molecule has 0 saturated carbocycles. The van der Waals surface area contributed by atoms with Crippen molar-refractivity contribution < 1.29 is 8.42 Å². The van der Waals surface area contributed by atoms with Crippen LogP contribution in [-0.2, 0) is 15.6 Å². The minimum absolute atomic E-state index is 0.0461. The fourth-order valence-corrected chi connectivity index (χ4v) is 5.67. The average Bonchev–Trinajstić information content (AvgIpc) is 3.21. The Kier molecular flexibility index (Phi) is 4.31. The molecule has 4 aromatic rings. The normalized spacial score (nSPS) is 13.1. The Labute approximate surface area is 157 Å². The van der Waals surface area contributed by atoms with Crippen molar-refractivity contribution in [1.29, 1.82) is 0 Å². The highest BCUT2D eigenvalue weighted by Crippen LogP contribution is 2.38. The third-order valence-corrected chi connectivity index (χ3v) is 6.73. The Morgan fingerprint density at radius 1 is 1.07 bits per heavy atom. The minimum atomic E-state index is -3.57. The molecule has 6 nitrogen and oxygen atoms in total. The van der Waals surface area contributed by atoms with E-state index < -0.39 is 15.1 Å². The summed E-state index contributed by atoms with van der Waals surface area (Å²) in [6.45, 7) is 3.68. The van der Waals surface area contributed by atoms with E-state index in [2.05, 4.69) is 20.2 Å². The molecule has 138 valence electrons. The van der Waals surface area contributed by atoms with Crippen LogP contribution in [0.4, 0.5) is 0 Å². The molecule has 4 rings (SSSR count). The molecule has 2 N–H and O–H groups in total. The van der Waals surface area contributed by atoms with E-state index in [1.807, 2.05) is 56.3 Å². The van der Waals surface area contributed by atoms with Crippen molar-refractivity contribution in [2.45, 2.75) is 24.9 Å². The van der Waals surface area contributed by atoms with E-state index in [-0.39, 0.29) is 5.75 Å². The summed E-state index contributed by atoms with van der Waals surface area (Å²) in [5.41, 5.74) is 4.28. The molecule has 7 heteroatoms. The Morgan fingerprint density at radius 3 is 2.56 bits per heavy atom. The lowest BCUT2D eigenvalue weighted by molar-refractivity contribution is 0.588. The third kappa shape index (κ3) is 3.14. The zero-order valence-corrected chi connectivity index (χ0v) is 15.9. The van der Waals surface area contributed by atoms with Crippen molar-refractivity contribution in [3.05, 3.63) is 82.9 Å². The van der Waals surface area contributed by atoms with Gasteiger partial charge in [0.1, 0.15) is 10.9 Å². The van der Waals surface area contributed by atoms with E-state index >= 15 is 0 Å². The summed E-state index contributed by atoms with van der Waals surface area (Å²) in [4.78, 5) is 7.40. The molecule has 0 bridgehead atoms. The monoisotopic (exact) mass is 380 g/mol. The van der Waals surface area contributed by atoms with Crippen LogP contribution >= 0.6 is 0 Å². The van der Waals surface area contributed by atoms with Crippen molar-refractivity contribution in [3.8, 4) is 0 Å². The van der Waals surface area contributed by atoms with E-state index in [1.165, 1.54) is 0 Å². The van der Waals surface area contributed by atoms with Crippen LogP contribution in [0.3, 0.4) is 0 Å². The van der Waals surface area contributed by atoms with E-state index in [4.69, 9.17) is 0 Å². The summed E-state index contributed by atoms with van der Waals surface area (Å²) in [6.07, 6.45) is 3.43. The van der Waals surface area contributed by atoms with Gasteiger partial charge in [-0.2, -0.15) is 5.10 Å². The number of hydrogen-bond acceptors (Lipinski definition) is 4. The van der Waals surface area contributed by atoms with E-state index in [9.17, 15) is 8.42 Å².